The normalized spacial score (nSPS) is 12.2. The van der Waals surface area contributed by atoms with Crippen LogP contribution in [0.4, 0.5) is 0 Å². The fraction of sp³-hybridized carbons (Fsp3) is 0.286. The van der Waals surface area contributed by atoms with Crippen molar-refractivity contribution in [3.63, 3.8) is 0 Å². The molecule has 2 rings (SSSR count). The van der Waals surface area contributed by atoms with Crippen LogP contribution in [0.1, 0.15) is 32.1 Å². The first-order chi connectivity index (χ1) is 9.10. The van der Waals surface area contributed by atoms with E-state index < -0.39 is 0 Å². The van der Waals surface area contributed by atoms with Gasteiger partial charge in [0.1, 0.15) is 5.82 Å². The Bertz CT molecular complexity index is 562. The van der Waals surface area contributed by atoms with Crippen LogP contribution in [-0.4, -0.2) is 15.9 Å². The Labute approximate surface area is 120 Å². The van der Waals surface area contributed by atoms with Gasteiger partial charge in [-0.3, -0.25) is 4.79 Å². The van der Waals surface area contributed by atoms with Crippen LogP contribution in [0.2, 0.25) is 0 Å². The highest BCUT2D eigenvalue weighted by atomic mass is 79.9. The molecule has 0 unspecified atom stereocenters. The lowest BCUT2D eigenvalue weighted by Crippen LogP contribution is -2.26. The summed E-state index contributed by atoms with van der Waals surface area (Å²) < 4.78 is 1.04. The molecule has 1 atom stereocenters. The van der Waals surface area contributed by atoms with Crippen LogP contribution in [-0.2, 0) is 4.79 Å². The summed E-state index contributed by atoms with van der Waals surface area (Å²) in [5, 5.41) is 2.88. The van der Waals surface area contributed by atoms with E-state index >= 15 is 0 Å². The molecule has 0 aliphatic heterocycles. The summed E-state index contributed by atoms with van der Waals surface area (Å²) in [6.07, 6.45) is 2.26. The highest BCUT2D eigenvalue weighted by Crippen LogP contribution is 2.21. The molecular weight excluding hydrogens is 306 g/mol. The minimum Gasteiger partial charge on any atom is -0.346 e. The number of nitrogens with one attached hydrogen (secondary N) is 2. The molecule has 1 amide bonds. The third-order valence-electron chi connectivity index (χ3n) is 2.86. The number of H-pyrrole nitrogens is 1. The Balaban J connectivity index is 2.14. The van der Waals surface area contributed by atoms with Crippen LogP contribution < -0.4 is 5.32 Å². The van der Waals surface area contributed by atoms with E-state index in [1.807, 2.05) is 38.1 Å². The molecule has 4 nitrogen and oxygen atoms in total. The fourth-order valence-corrected chi connectivity index (χ4v) is 2.01. The minimum atomic E-state index is -0.114. The highest BCUT2D eigenvalue weighted by molar-refractivity contribution is 9.10. The number of nitrogens with zero attached hydrogens (tertiary/aromatic N) is 1. The summed E-state index contributed by atoms with van der Waals surface area (Å²) in [5.41, 5.74) is 2.01. The quantitative estimate of drug-likeness (QED) is 0.906. The first-order valence-electron chi connectivity index (χ1n) is 6.20. The van der Waals surface area contributed by atoms with Crippen LogP contribution in [0.25, 0.3) is 11.3 Å². The van der Waals surface area contributed by atoms with Gasteiger partial charge in [0.15, 0.2) is 0 Å². The number of carbonyl (C=O) groups excluding carboxylic acids is 1. The average molecular weight is 322 g/mol. The maximum atomic E-state index is 11.4. The smallest absolute Gasteiger partial charge is 0.220 e. The molecule has 1 heterocycles. The Morgan fingerprint density at radius 2 is 2.11 bits per heavy atom. The van der Waals surface area contributed by atoms with Crippen LogP contribution in [0.3, 0.4) is 0 Å². The van der Waals surface area contributed by atoms with E-state index in [1.54, 1.807) is 6.20 Å². The first-order valence-corrected chi connectivity index (χ1v) is 6.99. The standard InChI is InChI=1S/C14H16BrN3O/c1-3-13(19)17-9(2)14-16-8-12(18-14)10-4-6-11(15)7-5-10/h4-9H,3H2,1-2H3,(H,16,18)(H,17,19)/t9-/m0/s1. The maximum Gasteiger partial charge on any atom is 0.220 e. The van der Waals surface area contributed by atoms with E-state index in [4.69, 9.17) is 0 Å². The van der Waals surface area contributed by atoms with E-state index in [-0.39, 0.29) is 11.9 Å². The molecule has 1 aromatic heterocycles. The third-order valence-corrected chi connectivity index (χ3v) is 3.39. The Kier molecular flexibility index (Phi) is 4.37. The van der Waals surface area contributed by atoms with E-state index in [9.17, 15) is 4.79 Å². The van der Waals surface area contributed by atoms with Crippen LogP contribution in [0.15, 0.2) is 34.9 Å². The molecule has 0 radical (unpaired) electrons. The molecule has 2 N–H and O–H groups in total. The summed E-state index contributed by atoms with van der Waals surface area (Å²) in [7, 11) is 0. The average Bonchev–Trinajstić information content (AvgIpc) is 2.89. The Hall–Kier alpha value is -1.62. The molecule has 2 aromatic rings. The van der Waals surface area contributed by atoms with Gasteiger partial charge in [0.05, 0.1) is 17.9 Å². The number of benzene rings is 1. The number of halogens is 1. The maximum absolute atomic E-state index is 11.4. The van der Waals surface area contributed by atoms with Crippen molar-refractivity contribution in [2.24, 2.45) is 0 Å². The number of hydrogen-bond donors (Lipinski definition) is 2. The zero-order valence-electron chi connectivity index (χ0n) is 10.9. The monoisotopic (exact) mass is 321 g/mol. The number of hydrogen-bond acceptors (Lipinski definition) is 2. The number of amides is 1. The van der Waals surface area contributed by atoms with E-state index in [2.05, 4.69) is 31.2 Å². The first kappa shape index (κ1) is 13.8. The Morgan fingerprint density at radius 3 is 2.74 bits per heavy atom. The topological polar surface area (TPSA) is 57.8 Å². The van der Waals surface area contributed by atoms with Gasteiger partial charge in [0.2, 0.25) is 5.91 Å². The van der Waals surface area contributed by atoms with Crippen molar-refractivity contribution in [2.75, 3.05) is 0 Å². The third kappa shape index (κ3) is 3.44. The molecule has 100 valence electrons. The summed E-state index contributed by atoms with van der Waals surface area (Å²) in [5.74, 6) is 0.786. The van der Waals surface area contributed by atoms with Gasteiger partial charge in [-0.15, -0.1) is 0 Å². The largest absolute Gasteiger partial charge is 0.346 e. The van der Waals surface area contributed by atoms with E-state index in [1.165, 1.54) is 0 Å². The second-order valence-electron chi connectivity index (χ2n) is 4.33. The summed E-state index contributed by atoms with van der Waals surface area (Å²) in [6, 6.07) is 7.88. The molecule has 0 aliphatic carbocycles. The van der Waals surface area contributed by atoms with Gasteiger partial charge in [0.25, 0.3) is 0 Å². The molecule has 0 fully saturated rings. The Morgan fingerprint density at radius 1 is 1.42 bits per heavy atom. The van der Waals surface area contributed by atoms with E-state index in [0.717, 1.165) is 21.6 Å². The van der Waals surface area contributed by atoms with Gasteiger partial charge in [0, 0.05) is 10.9 Å². The fourth-order valence-electron chi connectivity index (χ4n) is 1.74. The molecule has 0 saturated carbocycles. The molecular formula is C14H16BrN3O. The molecule has 0 saturated heterocycles. The molecule has 0 bridgehead atoms. The summed E-state index contributed by atoms with van der Waals surface area (Å²) >= 11 is 3.41. The van der Waals surface area contributed by atoms with Crippen molar-refractivity contribution < 1.29 is 4.79 Å². The number of rotatable bonds is 4. The van der Waals surface area contributed by atoms with Gasteiger partial charge >= 0.3 is 0 Å². The predicted octanol–water partition coefficient (Wildman–Crippen LogP) is 3.43. The highest BCUT2D eigenvalue weighted by Gasteiger charge is 2.12. The van der Waals surface area contributed by atoms with Crippen molar-refractivity contribution in [3.05, 3.63) is 40.8 Å². The van der Waals surface area contributed by atoms with Crippen LogP contribution in [0.5, 0.6) is 0 Å². The summed E-state index contributed by atoms with van der Waals surface area (Å²) in [6.45, 7) is 3.75. The zero-order valence-corrected chi connectivity index (χ0v) is 12.5. The zero-order chi connectivity index (χ0) is 13.8. The molecule has 0 spiro atoms. The lowest BCUT2D eigenvalue weighted by Gasteiger charge is -2.10. The van der Waals surface area contributed by atoms with Crippen molar-refractivity contribution in [1.29, 1.82) is 0 Å². The van der Waals surface area contributed by atoms with Gasteiger partial charge in [-0.1, -0.05) is 35.0 Å². The van der Waals surface area contributed by atoms with Crippen molar-refractivity contribution >= 4 is 21.8 Å². The second-order valence-corrected chi connectivity index (χ2v) is 5.25. The van der Waals surface area contributed by atoms with Crippen molar-refractivity contribution in [1.82, 2.24) is 15.3 Å². The number of aromatic nitrogens is 2. The predicted molar refractivity (Wildman–Crippen MR) is 78.6 cm³/mol. The van der Waals surface area contributed by atoms with Crippen molar-refractivity contribution in [3.8, 4) is 11.3 Å². The number of aromatic amines is 1. The number of imidazole rings is 1. The SMILES string of the molecule is CCC(=O)N[C@@H](C)c1ncc(-c2ccc(Br)cc2)[nH]1. The molecule has 5 heteroatoms. The lowest BCUT2D eigenvalue weighted by molar-refractivity contribution is -0.121. The summed E-state index contributed by atoms with van der Waals surface area (Å²) in [4.78, 5) is 18.9. The van der Waals surface area contributed by atoms with Gasteiger partial charge < -0.3 is 10.3 Å². The molecule has 1 aromatic carbocycles. The van der Waals surface area contributed by atoms with Gasteiger partial charge in [-0.05, 0) is 24.6 Å². The minimum absolute atomic E-state index is 0.0223. The van der Waals surface area contributed by atoms with Crippen LogP contribution >= 0.6 is 15.9 Å². The van der Waals surface area contributed by atoms with E-state index in [0.29, 0.717) is 6.42 Å². The van der Waals surface area contributed by atoms with Gasteiger partial charge in [-0.25, -0.2) is 4.98 Å². The van der Waals surface area contributed by atoms with Crippen LogP contribution in [0, 0.1) is 0 Å². The number of carbonyl (C=O) groups is 1. The lowest BCUT2D eigenvalue weighted by atomic mass is 10.2. The molecule has 0 aliphatic rings. The van der Waals surface area contributed by atoms with Gasteiger partial charge in [-0.2, -0.15) is 0 Å². The molecule has 19 heavy (non-hydrogen) atoms. The van der Waals surface area contributed by atoms with Crippen molar-refractivity contribution in [2.45, 2.75) is 26.3 Å². The second kappa shape index (κ2) is 6.02.